The number of benzene rings is 2. The molecule has 4 heteroatoms. The fraction of sp³-hybridized carbons (Fsp3) is 0.222. The maximum absolute atomic E-state index is 12.1. The summed E-state index contributed by atoms with van der Waals surface area (Å²) in [5.74, 6) is -0.545. The van der Waals surface area contributed by atoms with Gasteiger partial charge in [0.2, 0.25) is 0 Å². The van der Waals surface area contributed by atoms with E-state index in [1.165, 1.54) is 0 Å². The van der Waals surface area contributed by atoms with Crippen LogP contribution in [0.25, 0.3) is 0 Å². The maximum atomic E-state index is 12.1. The second-order valence-electron chi connectivity index (χ2n) is 4.91. The Labute approximate surface area is 130 Å². The van der Waals surface area contributed by atoms with Gasteiger partial charge in [-0.1, -0.05) is 43.3 Å². The largest absolute Gasteiger partial charge is 0.460 e. The van der Waals surface area contributed by atoms with Crippen LogP contribution in [0.3, 0.4) is 0 Å². The van der Waals surface area contributed by atoms with Crippen molar-refractivity contribution in [1.29, 1.82) is 0 Å². The van der Waals surface area contributed by atoms with Gasteiger partial charge in [0.05, 0.1) is 11.6 Å². The van der Waals surface area contributed by atoms with Gasteiger partial charge in [-0.25, -0.2) is 4.79 Å². The Balaban J connectivity index is 1.87. The van der Waals surface area contributed by atoms with Crippen LogP contribution in [0.15, 0.2) is 60.7 Å². The van der Waals surface area contributed by atoms with Gasteiger partial charge in [0.25, 0.3) is 5.91 Å². The first-order valence-electron chi connectivity index (χ1n) is 7.28. The van der Waals surface area contributed by atoms with Crippen LogP contribution in [0.2, 0.25) is 0 Å². The molecule has 4 nitrogen and oxygen atoms in total. The molecule has 0 aliphatic carbocycles. The molecule has 0 heterocycles. The van der Waals surface area contributed by atoms with Crippen molar-refractivity contribution >= 4 is 11.9 Å². The Morgan fingerprint density at radius 1 is 0.955 bits per heavy atom. The fourth-order valence-electron chi connectivity index (χ4n) is 1.95. The Hall–Kier alpha value is -2.62. The van der Waals surface area contributed by atoms with Crippen LogP contribution in [0.4, 0.5) is 0 Å². The van der Waals surface area contributed by atoms with Gasteiger partial charge in [-0.3, -0.25) is 4.79 Å². The summed E-state index contributed by atoms with van der Waals surface area (Å²) in [7, 11) is 0. The third-order valence-corrected chi connectivity index (χ3v) is 3.29. The monoisotopic (exact) mass is 297 g/mol. The Morgan fingerprint density at radius 3 is 2.05 bits per heavy atom. The maximum Gasteiger partial charge on any atom is 0.338 e. The minimum absolute atomic E-state index is 0.156. The molecule has 0 saturated heterocycles. The van der Waals surface area contributed by atoms with Crippen molar-refractivity contribution < 1.29 is 14.3 Å². The highest BCUT2D eigenvalue weighted by molar-refractivity contribution is 5.94. The molecule has 2 rings (SSSR count). The molecule has 22 heavy (non-hydrogen) atoms. The lowest BCUT2D eigenvalue weighted by atomic mass is 10.2. The SMILES string of the molecule is CC[C@@H](COC(=O)c1ccccc1)NC(=O)c1ccccc1. The summed E-state index contributed by atoms with van der Waals surface area (Å²) in [4.78, 5) is 24.0. The van der Waals surface area contributed by atoms with Gasteiger partial charge >= 0.3 is 5.97 Å². The number of nitrogens with one attached hydrogen (secondary N) is 1. The molecule has 1 amide bonds. The molecule has 0 aliphatic heterocycles. The first-order chi connectivity index (χ1) is 10.7. The van der Waals surface area contributed by atoms with Gasteiger partial charge in [0.15, 0.2) is 0 Å². The summed E-state index contributed by atoms with van der Waals surface area (Å²) >= 11 is 0. The molecule has 0 aromatic heterocycles. The number of esters is 1. The lowest BCUT2D eigenvalue weighted by molar-refractivity contribution is 0.0454. The predicted molar refractivity (Wildman–Crippen MR) is 84.7 cm³/mol. The number of amides is 1. The van der Waals surface area contributed by atoms with Gasteiger partial charge in [-0.2, -0.15) is 0 Å². The first-order valence-corrected chi connectivity index (χ1v) is 7.28. The Kier molecular flexibility index (Phi) is 5.72. The normalized spacial score (nSPS) is 11.5. The minimum atomic E-state index is -0.381. The molecule has 0 unspecified atom stereocenters. The lowest BCUT2D eigenvalue weighted by Gasteiger charge is -2.17. The van der Waals surface area contributed by atoms with Gasteiger partial charge in [0.1, 0.15) is 6.61 Å². The third-order valence-electron chi connectivity index (χ3n) is 3.29. The number of rotatable bonds is 6. The van der Waals surface area contributed by atoms with Crippen molar-refractivity contribution in [3.63, 3.8) is 0 Å². The van der Waals surface area contributed by atoms with Crippen molar-refractivity contribution in [3.05, 3.63) is 71.8 Å². The second kappa shape index (κ2) is 7.98. The number of hydrogen-bond acceptors (Lipinski definition) is 3. The standard InChI is InChI=1S/C18H19NO3/c1-2-16(19-17(20)14-9-5-3-6-10-14)13-22-18(21)15-11-7-4-8-12-15/h3-12,16H,2,13H2,1H3,(H,19,20)/t16-/m0/s1. The zero-order chi connectivity index (χ0) is 15.8. The summed E-state index contributed by atoms with van der Waals surface area (Å²) in [6, 6.07) is 17.6. The zero-order valence-corrected chi connectivity index (χ0v) is 12.5. The molecule has 0 bridgehead atoms. The van der Waals surface area contributed by atoms with Crippen molar-refractivity contribution in [1.82, 2.24) is 5.32 Å². The minimum Gasteiger partial charge on any atom is -0.460 e. The summed E-state index contributed by atoms with van der Waals surface area (Å²) < 4.78 is 5.26. The molecule has 0 fully saturated rings. The van der Waals surface area contributed by atoms with E-state index in [0.29, 0.717) is 17.5 Å². The number of hydrogen-bond donors (Lipinski definition) is 1. The van der Waals surface area contributed by atoms with Crippen molar-refractivity contribution in [2.75, 3.05) is 6.61 Å². The van der Waals surface area contributed by atoms with Crippen LogP contribution in [-0.4, -0.2) is 24.5 Å². The topological polar surface area (TPSA) is 55.4 Å². The molecular formula is C18H19NO3. The van der Waals surface area contributed by atoms with Gasteiger partial charge < -0.3 is 10.1 Å². The van der Waals surface area contributed by atoms with Crippen LogP contribution >= 0.6 is 0 Å². The smallest absolute Gasteiger partial charge is 0.338 e. The first kappa shape index (κ1) is 15.8. The highest BCUT2D eigenvalue weighted by atomic mass is 16.5. The highest BCUT2D eigenvalue weighted by Crippen LogP contribution is 2.04. The molecule has 2 aromatic carbocycles. The van der Waals surface area contributed by atoms with E-state index in [9.17, 15) is 9.59 Å². The van der Waals surface area contributed by atoms with Gasteiger partial charge in [-0.05, 0) is 30.7 Å². The van der Waals surface area contributed by atoms with E-state index in [1.54, 1.807) is 36.4 Å². The van der Waals surface area contributed by atoms with Crippen molar-refractivity contribution in [2.24, 2.45) is 0 Å². The zero-order valence-electron chi connectivity index (χ0n) is 12.5. The summed E-state index contributed by atoms with van der Waals surface area (Å²) in [5.41, 5.74) is 1.10. The Morgan fingerprint density at radius 2 is 1.50 bits per heavy atom. The third kappa shape index (κ3) is 4.45. The average Bonchev–Trinajstić information content (AvgIpc) is 2.59. The van der Waals surface area contributed by atoms with E-state index in [2.05, 4.69) is 5.32 Å². The molecule has 0 aliphatic rings. The van der Waals surface area contributed by atoms with E-state index in [0.717, 1.165) is 0 Å². The van der Waals surface area contributed by atoms with Crippen LogP contribution in [0.1, 0.15) is 34.1 Å². The molecule has 0 radical (unpaired) electrons. The lowest BCUT2D eigenvalue weighted by Crippen LogP contribution is -2.38. The van der Waals surface area contributed by atoms with Crippen molar-refractivity contribution in [2.45, 2.75) is 19.4 Å². The van der Waals surface area contributed by atoms with Gasteiger partial charge in [0, 0.05) is 5.56 Å². The molecule has 114 valence electrons. The molecule has 0 saturated carbocycles. The quantitative estimate of drug-likeness (QED) is 0.834. The van der Waals surface area contributed by atoms with Crippen LogP contribution < -0.4 is 5.32 Å². The molecule has 2 aromatic rings. The molecular weight excluding hydrogens is 278 g/mol. The van der Waals surface area contributed by atoms with E-state index in [-0.39, 0.29) is 24.5 Å². The van der Waals surface area contributed by atoms with E-state index in [4.69, 9.17) is 4.74 Å². The van der Waals surface area contributed by atoms with Crippen LogP contribution in [-0.2, 0) is 4.74 Å². The van der Waals surface area contributed by atoms with Gasteiger partial charge in [-0.15, -0.1) is 0 Å². The van der Waals surface area contributed by atoms with E-state index in [1.807, 2.05) is 31.2 Å². The molecule has 0 spiro atoms. The number of carbonyl (C=O) groups excluding carboxylic acids is 2. The number of carbonyl (C=O) groups is 2. The number of ether oxygens (including phenoxy) is 1. The van der Waals surface area contributed by atoms with Crippen LogP contribution in [0.5, 0.6) is 0 Å². The van der Waals surface area contributed by atoms with E-state index < -0.39 is 0 Å². The second-order valence-corrected chi connectivity index (χ2v) is 4.91. The predicted octanol–water partition coefficient (Wildman–Crippen LogP) is 3.05. The van der Waals surface area contributed by atoms with Crippen molar-refractivity contribution in [3.8, 4) is 0 Å². The average molecular weight is 297 g/mol. The summed E-state index contributed by atoms with van der Waals surface area (Å²) in [5, 5.41) is 2.87. The molecule has 1 atom stereocenters. The highest BCUT2D eigenvalue weighted by Gasteiger charge is 2.15. The Bertz CT molecular complexity index is 611. The van der Waals surface area contributed by atoms with E-state index >= 15 is 0 Å². The van der Waals surface area contributed by atoms with Crippen LogP contribution in [0, 0.1) is 0 Å². The fourth-order valence-corrected chi connectivity index (χ4v) is 1.95. The summed E-state index contributed by atoms with van der Waals surface area (Å²) in [6.07, 6.45) is 0.681. The molecule has 1 N–H and O–H groups in total. The summed E-state index contributed by atoms with van der Waals surface area (Å²) in [6.45, 7) is 2.09.